The van der Waals surface area contributed by atoms with Crippen molar-refractivity contribution in [2.75, 3.05) is 13.2 Å². The van der Waals surface area contributed by atoms with Crippen molar-refractivity contribution in [2.24, 2.45) is 0 Å². The molecular weight excluding hydrogens is 1090 g/mol. The Labute approximate surface area is 528 Å². The van der Waals surface area contributed by atoms with Gasteiger partial charge in [0.05, 0.1) is 6.61 Å². The van der Waals surface area contributed by atoms with E-state index in [1.54, 1.807) is 0 Å². The molecule has 0 aromatic rings. The van der Waals surface area contributed by atoms with E-state index >= 15 is 0 Å². The van der Waals surface area contributed by atoms with Crippen LogP contribution in [-0.4, -0.2) is 89.2 Å². The van der Waals surface area contributed by atoms with Gasteiger partial charge in [0, 0.05) is 19.3 Å². The van der Waals surface area contributed by atoms with E-state index in [9.17, 15) is 34.5 Å². The largest absolute Gasteiger partial charge is 0.479 e. The normalized spacial score (nSPS) is 18.1. The second-order valence-corrected chi connectivity index (χ2v) is 23.1. The van der Waals surface area contributed by atoms with E-state index in [0.29, 0.717) is 19.3 Å². The van der Waals surface area contributed by atoms with Gasteiger partial charge in [0.15, 0.2) is 24.6 Å². The molecule has 1 fully saturated rings. The quantitative estimate of drug-likeness (QED) is 0.0228. The SMILES string of the molecule is CC/C=C\C/C=C\C/C=C\C/C=C\C/C=C\CCCCCC(=O)OCC(COC1OC(C(=O)O)C(O)C(O)C1OC(=O)CCCCC/C=C\C/C=C\C/C=C\C/C=C\C/C=C\CC)OC(=O)CCCCCCCCCCCCCCCCCCCCC. The van der Waals surface area contributed by atoms with Crippen molar-refractivity contribution in [3.8, 4) is 0 Å². The Hall–Kier alpha value is -4.88. The van der Waals surface area contributed by atoms with Gasteiger partial charge >= 0.3 is 23.9 Å². The Morgan fingerprint density at radius 2 is 0.724 bits per heavy atom. The summed E-state index contributed by atoms with van der Waals surface area (Å²) in [6.45, 7) is 5.76. The number of hydrogen-bond acceptors (Lipinski definition) is 11. The Kier molecular flexibility index (Phi) is 56.5. The van der Waals surface area contributed by atoms with Crippen molar-refractivity contribution in [1.29, 1.82) is 0 Å². The summed E-state index contributed by atoms with van der Waals surface area (Å²) in [7, 11) is 0. The molecule has 6 atom stereocenters. The average molecular weight is 1220 g/mol. The summed E-state index contributed by atoms with van der Waals surface area (Å²) in [4.78, 5) is 51.5. The lowest BCUT2D eigenvalue weighted by molar-refractivity contribution is -0.301. The molecular formula is C75H122O12. The van der Waals surface area contributed by atoms with Gasteiger partial charge in [-0.25, -0.2) is 4.79 Å². The minimum atomic E-state index is -1.93. The zero-order valence-corrected chi connectivity index (χ0v) is 54.7. The first-order valence-corrected chi connectivity index (χ1v) is 34.5. The van der Waals surface area contributed by atoms with Gasteiger partial charge in [-0.3, -0.25) is 14.4 Å². The Morgan fingerprint density at radius 1 is 0.391 bits per heavy atom. The number of esters is 3. The lowest BCUT2D eigenvalue weighted by Crippen LogP contribution is -2.61. The van der Waals surface area contributed by atoms with Gasteiger partial charge in [0.25, 0.3) is 0 Å². The van der Waals surface area contributed by atoms with E-state index in [0.717, 1.165) is 122 Å². The second kappa shape index (κ2) is 61.4. The second-order valence-electron chi connectivity index (χ2n) is 23.1. The highest BCUT2D eigenvalue weighted by Gasteiger charge is 2.50. The van der Waals surface area contributed by atoms with Gasteiger partial charge in [0.1, 0.15) is 18.8 Å². The number of aliphatic hydroxyl groups is 2. The maximum absolute atomic E-state index is 13.2. The minimum Gasteiger partial charge on any atom is -0.479 e. The third kappa shape index (κ3) is 50.7. The summed E-state index contributed by atoms with van der Waals surface area (Å²) >= 11 is 0. The molecule has 12 nitrogen and oxygen atoms in total. The maximum Gasteiger partial charge on any atom is 0.335 e. The van der Waals surface area contributed by atoms with Crippen LogP contribution in [0.4, 0.5) is 0 Å². The fourth-order valence-corrected chi connectivity index (χ4v) is 9.83. The third-order valence-electron chi connectivity index (χ3n) is 15.0. The number of unbranched alkanes of at least 4 members (excludes halogenated alkanes) is 24. The van der Waals surface area contributed by atoms with Crippen LogP contribution in [0, 0.1) is 0 Å². The van der Waals surface area contributed by atoms with Crippen molar-refractivity contribution in [2.45, 2.75) is 314 Å². The van der Waals surface area contributed by atoms with Crippen molar-refractivity contribution in [1.82, 2.24) is 0 Å². The Bertz CT molecular complexity index is 1970. The van der Waals surface area contributed by atoms with Crippen LogP contribution in [0.2, 0.25) is 0 Å². The predicted octanol–water partition coefficient (Wildman–Crippen LogP) is 19.1. The van der Waals surface area contributed by atoms with Crippen molar-refractivity contribution >= 4 is 23.9 Å². The maximum atomic E-state index is 13.2. The molecule has 0 aliphatic carbocycles. The summed E-state index contributed by atoms with van der Waals surface area (Å²) in [5.74, 6) is -3.20. The molecule has 1 saturated heterocycles. The molecule has 3 N–H and O–H groups in total. The Balaban J connectivity index is 2.69. The zero-order chi connectivity index (χ0) is 63.1. The van der Waals surface area contributed by atoms with Crippen LogP contribution >= 0.6 is 0 Å². The number of aliphatic carboxylic acids is 1. The summed E-state index contributed by atoms with van der Waals surface area (Å²) in [5.41, 5.74) is 0. The van der Waals surface area contributed by atoms with Gasteiger partial charge in [-0.15, -0.1) is 0 Å². The molecule has 1 aliphatic rings. The van der Waals surface area contributed by atoms with E-state index in [-0.39, 0.29) is 25.9 Å². The first-order chi connectivity index (χ1) is 42.6. The zero-order valence-electron chi connectivity index (χ0n) is 54.7. The first-order valence-electron chi connectivity index (χ1n) is 34.5. The fraction of sp³-hybridized carbons (Fsp3) is 0.680. The molecule has 87 heavy (non-hydrogen) atoms. The van der Waals surface area contributed by atoms with Gasteiger partial charge in [0.2, 0.25) is 0 Å². The predicted molar refractivity (Wildman–Crippen MR) is 358 cm³/mol. The molecule has 0 spiro atoms. The van der Waals surface area contributed by atoms with Gasteiger partial charge < -0.3 is 39.0 Å². The highest BCUT2D eigenvalue weighted by atomic mass is 16.7. The van der Waals surface area contributed by atoms with Crippen LogP contribution in [-0.2, 0) is 42.9 Å². The summed E-state index contributed by atoms with van der Waals surface area (Å²) in [6, 6.07) is 0. The summed E-state index contributed by atoms with van der Waals surface area (Å²) in [6.07, 6.45) is 72.9. The first kappa shape index (κ1) is 80.1. The molecule has 0 amide bonds. The molecule has 0 radical (unpaired) electrons. The van der Waals surface area contributed by atoms with Crippen molar-refractivity contribution < 1.29 is 58.2 Å². The van der Waals surface area contributed by atoms with E-state index in [4.69, 9.17) is 23.7 Å². The number of carbonyl (C=O) groups is 4. The van der Waals surface area contributed by atoms with Crippen LogP contribution in [0.3, 0.4) is 0 Å². The van der Waals surface area contributed by atoms with Crippen LogP contribution in [0.5, 0.6) is 0 Å². The monoisotopic (exact) mass is 1210 g/mol. The highest BCUT2D eigenvalue weighted by molar-refractivity contribution is 5.74. The highest BCUT2D eigenvalue weighted by Crippen LogP contribution is 2.27. The number of carbonyl (C=O) groups excluding carboxylic acids is 3. The number of rotatable bonds is 58. The van der Waals surface area contributed by atoms with Crippen molar-refractivity contribution in [3.05, 3.63) is 122 Å². The molecule has 1 aliphatic heterocycles. The van der Waals surface area contributed by atoms with E-state index in [1.165, 1.54) is 96.3 Å². The molecule has 1 rings (SSSR count). The fourth-order valence-electron chi connectivity index (χ4n) is 9.83. The molecule has 494 valence electrons. The van der Waals surface area contributed by atoms with Crippen LogP contribution in [0.15, 0.2) is 122 Å². The number of aliphatic hydroxyl groups excluding tert-OH is 2. The van der Waals surface area contributed by atoms with Crippen LogP contribution < -0.4 is 0 Å². The topological polar surface area (TPSA) is 175 Å². The average Bonchev–Trinajstić information content (AvgIpc) is 2.56. The van der Waals surface area contributed by atoms with Gasteiger partial charge in [-0.1, -0.05) is 271 Å². The van der Waals surface area contributed by atoms with Crippen molar-refractivity contribution in [3.63, 3.8) is 0 Å². The van der Waals surface area contributed by atoms with E-state index in [1.807, 2.05) is 0 Å². The molecule has 0 aromatic heterocycles. The van der Waals surface area contributed by atoms with E-state index in [2.05, 4.69) is 142 Å². The van der Waals surface area contributed by atoms with Gasteiger partial charge in [-0.05, 0) is 109 Å². The van der Waals surface area contributed by atoms with Crippen LogP contribution in [0.25, 0.3) is 0 Å². The number of carboxylic acid groups (broad SMARTS) is 1. The molecule has 12 heteroatoms. The number of hydrogen-bond donors (Lipinski definition) is 3. The molecule has 1 heterocycles. The lowest BCUT2D eigenvalue weighted by atomic mass is 9.98. The summed E-state index contributed by atoms with van der Waals surface area (Å²) in [5, 5.41) is 31.7. The smallest absolute Gasteiger partial charge is 0.335 e. The van der Waals surface area contributed by atoms with Crippen LogP contribution in [0.1, 0.15) is 278 Å². The number of carboxylic acids is 1. The molecule has 0 aromatic carbocycles. The van der Waals surface area contributed by atoms with Gasteiger partial charge in [-0.2, -0.15) is 0 Å². The Morgan fingerprint density at radius 3 is 1.10 bits per heavy atom. The third-order valence-corrected chi connectivity index (χ3v) is 15.0. The minimum absolute atomic E-state index is 0.0130. The summed E-state index contributed by atoms with van der Waals surface area (Å²) < 4.78 is 28.5. The molecule has 0 saturated carbocycles. The number of ether oxygens (including phenoxy) is 5. The lowest BCUT2D eigenvalue weighted by Gasteiger charge is -2.40. The number of allylic oxidation sites excluding steroid dienone is 20. The molecule has 6 unspecified atom stereocenters. The molecule has 0 bridgehead atoms. The van der Waals surface area contributed by atoms with E-state index < -0.39 is 67.3 Å². The standard InChI is InChI=1S/C75H122O12/c1-4-7-10-13-16-19-22-25-28-31-34-37-40-43-46-49-52-55-58-61-67(76)83-64-66(85-68(77)62-59-56-53-50-47-44-41-38-35-32-29-26-23-20-17-14-11-8-5-2)65-84-75-73(71(80)70(79)72(87-75)74(81)82)86-69(78)63-60-57-54-51-48-45-42-39-36-33-30-27-24-21-18-15-12-9-6-3/h7,9-10,12,16,18-19,21,25,27-28,30,34,36-37,39,43,45-46,48,66,70-73,75,79-80H,4-6,8,11,13-15,17,20,22-24,26,29,31-33,35,38,40-42,44,47,49-65H2,1-3H3,(H,81,82)/b10-7-,12-9-,19-16-,21-18-,28-25-,30-27-,37-34-,39-36-,46-43-,48-45-.